The van der Waals surface area contributed by atoms with Crippen molar-refractivity contribution in [1.29, 1.82) is 0 Å². The van der Waals surface area contributed by atoms with Crippen molar-refractivity contribution >= 4 is 30.4 Å². The first-order valence-corrected chi connectivity index (χ1v) is 0.928. The second-order valence-corrected chi connectivity index (χ2v) is 0.519. The van der Waals surface area contributed by atoms with Gasteiger partial charge in [0.1, 0.15) is 0 Å². The predicted molar refractivity (Wildman–Crippen MR) is 19.1 cm³/mol. The third kappa shape index (κ3) is 246. The van der Waals surface area contributed by atoms with Crippen molar-refractivity contribution in [3.8, 4) is 0 Å². The van der Waals surface area contributed by atoms with Crippen LogP contribution in [0.25, 0.3) is 0 Å². The molecule has 0 atom stereocenters. The SMILES string of the molecule is CC(=O)O.[Cl-].[Cl-].[Cl-].[Cl-].[Cl-].[Sb+5]. The molecule has 0 aliphatic carbocycles. The van der Waals surface area contributed by atoms with E-state index in [9.17, 15) is 0 Å². The largest absolute Gasteiger partial charge is 5.00 e. The Bertz CT molecular complexity index is 40.6. The smallest absolute Gasteiger partial charge is 1.00 e. The second-order valence-electron chi connectivity index (χ2n) is 0.519. The summed E-state index contributed by atoms with van der Waals surface area (Å²) < 4.78 is 0. The van der Waals surface area contributed by atoms with E-state index < -0.39 is 5.97 Å². The molecule has 1 N–H and O–H groups in total. The van der Waals surface area contributed by atoms with Crippen LogP contribution in [0.15, 0.2) is 0 Å². The van der Waals surface area contributed by atoms with E-state index in [4.69, 9.17) is 9.90 Å². The first-order chi connectivity index (χ1) is 1.73. The van der Waals surface area contributed by atoms with Crippen LogP contribution >= 0.6 is 0 Å². The fourth-order valence-corrected chi connectivity index (χ4v) is 0. The van der Waals surface area contributed by atoms with Crippen LogP contribution in [0.3, 0.4) is 0 Å². The average Bonchev–Trinajstić information content (AvgIpc) is 0.811. The van der Waals surface area contributed by atoms with Gasteiger partial charge in [0.25, 0.3) is 5.97 Å². The van der Waals surface area contributed by atoms with E-state index in [1.54, 1.807) is 0 Å². The van der Waals surface area contributed by atoms with Crippen molar-refractivity contribution < 1.29 is 71.9 Å². The quantitative estimate of drug-likeness (QED) is 0.437. The summed E-state index contributed by atoms with van der Waals surface area (Å²) in [6.07, 6.45) is 0. The molecule has 0 rings (SSSR count). The van der Waals surface area contributed by atoms with E-state index >= 15 is 0 Å². The van der Waals surface area contributed by atoms with Crippen LogP contribution in [0.4, 0.5) is 0 Å². The van der Waals surface area contributed by atoms with Gasteiger partial charge in [0.2, 0.25) is 0 Å². The third-order valence-corrected chi connectivity index (χ3v) is 0. The summed E-state index contributed by atoms with van der Waals surface area (Å²) in [6, 6.07) is 0. The Morgan fingerprint density at radius 2 is 1.00 bits per heavy atom. The molecule has 0 bridgehead atoms. The average molecular weight is 359 g/mol. The summed E-state index contributed by atoms with van der Waals surface area (Å²) in [5.41, 5.74) is 0. The van der Waals surface area contributed by atoms with Crippen molar-refractivity contribution in [2.24, 2.45) is 0 Å². The molecule has 10 heavy (non-hydrogen) atoms. The molecule has 0 aromatic carbocycles. The Hall–Kier alpha value is 1.74. The molecular weight excluding hydrogens is 355 g/mol. The van der Waals surface area contributed by atoms with Crippen molar-refractivity contribution in [3.63, 3.8) is 0 Å². The maximum absolute atomic E-state index is 9.00. The molecule has 0 aliphatic heterocycles. The van der Waals surface area contributed by atoms with Crippen LogP contribution in [0, 0.1) is 0 Å². The van der Waals surface area contributed by atoms with Gasteiger partial charge in [-0.25, -0.2) is 0 Å². The van der Waals surface area contributed by atoms with Gasteiger partial charge >= 0.3 is 24.4 Å². The van der Waals surface area contributed by atoms with Gasteiger partial charge in [-0.1, -0.05) is 0 Å². The Kier molecular flexibility index (Phi) is 273. The number of halogens is 5. The van der Waals surface area contributed by atoms with Gasteiger partial charge in [0.15, 0.2) is 0 Å². The molecule has 0 aliphatic rings. The van der Waals surface area contributed by atoms with Crippen molar-refractivity contribution in [3.05, 3.63) is 0 Å². The van der Waals surface area contributed by atoms with Crippen LogP contribution in [-0.2, 0) is 4.79 Å². The maximum Gasteiger partial charge on any atom is 5.00 e. The summed E-state index contributed by atoms with van der Waals surface area (Å²) in [7, 11) is 0. The molecule has 0 spiro atoms. The fraction of sp³-hybridized carbons (Fsp3) is 0.500. The number of carboxylic acids is 1. The van der Waals surface area contributed by atoms with E-state index in [0.717, 1.165) is 6.92 Å². The van der Waals surface area contributed by atoms with Gasteiger partial charge in [0, 0.05) is 6.92 Å². The molecule has 2 nitrogen and oxygen atoms in total. The third-order valence-electron chi connectivity index (χ3n) is 0. The zero-order chi connectivity index (χ0) is 3.58. The summed E-state index contributed by atoms with van der Waals surface area (Å²) >= 11 is 0. The molecule has 0 heterocycles. The summed E-state index contributed by atoms with van der Waals surface area (Å²) in [6.45, 7) is 1.08. The van der Waals surface area contributed by atoms with Crippen molar-refractivity contribution in [2.75, 3.05) is 0 Å². The van der Waals surface area contributed by atoms with Crippen LogP contribution in [0.2, 0.25) is 0 Å². The van der Waals surface area contributed by atoms with E-state index in [1.807, 2.05) is 0 Å². The van der Waals surface area contributed by atoms with Crippen LogP contribution in [0.5, 0.6) is 0 Å². The Balaban J connectivity index is -0.00000000300. The molecular formula is C2H4Cl5O2Sb. The Morgan fingerprint density at radius 1 is 1.00 bits per heavy atom. The Labute approximate surface area is 108 Å². The molecule has 0 amide bonds. The molecule has 0 radical (unpaired) electrons. The first-order valence-electron chi connectivity index (χ1n) is 0.928. The Morgan fingerprint density at radius 3 is 1.00 bits per heavy atom. The number of hydrogen-bond donors (Lipinski definition) is 1. The van der Waals surface area contributed by atoms with Gasteiger partial charge < -0.3 is 67.1 Å². The minimum absolute atomic E-state index is 0. The maximum atomic E-state index is 9.00. The predicted octanol–water partition coefficient (Wildman–Crippen LogP) is -15.3. The zero-order valence-corrected chi connectivity index (χ0v) is 11.0. The minimum Gasteiger partial charge on any atom is -1.00 e. The molecule has 0 unspecified atom stereocenters. The zero-order valence-electron chi connectivity index (χ0n) is 4.69. The molecule has 64 valence electrons. The van der Waals surface area contributed by atoms with E-state index in [2.05, 4.69) is 0 Å². The number of aliphatic carboxylic acids is 1. The minimum atomic E-state index is -0.833. The van der Waals surface area contributed by atoms with Gasteiger partial charge in [-0.15, -0.1) is 0 Å². The monoisotopic (exact) mass is 356 g/mol. The summed E-state index contributed by atoms with van der Waals surface area (Å²) in [5.74, 6) is -0.833. The van der Waals surface area contributed by atoms with E-state index in [-0.39, 0.29) is 86.5 Å². The standard InChI is InChI=1S/C2H4O2.5ClH.Sb/c1-2(3)4;;;;;;/h1H3,(H,3,4);5*1H;/q;;;;;;+5/p-5. The first kappa shape index (κ1) is 60.3. The van der Waals surface area contributed by atoms with Crippen LogP contribution < -0.4 is 62.0 Å². The van der Waals surface area contributed by atoms with Gasteiger partial charge in [-0.05, 0) is 0 Å². The molecule has 0 saturated heterocycles. The second kappa shape index (κ2) is 45.4. The van der Waals surface area contributed by atoms with Crippen LogP contribution in [0.1, 0.15) is 6.92 Å². The topological polar surface area (TPSA) is 37.3 Å². The molecule has 0 aromatic heterocycles. The van der Waals surface area contributed by atoms with E-state index in [1.165, 1.54) is 0 Å². The molecule has 0 fully saturated rings. The number of rotatable bonds is 0. The van der Waals surface area contributed by atoms with Gasteiger partial charge in [0.05, 0.1) is 0 Å². The van der Waals surface area contributed by atoms with Crippen molar-refractivity contribution in [2.45, 2.75) is 6.92 Å². The number of carbonyl (C=O) groups is 1. The summed E-state index contributed by atoms with van der Waals surface area (Å²) in [4.78, 5) is 9.00. The number of carboxylic acid groups (broad SMARTS) is 1. The molecule has 8 heteroatoms. The van der Waals surface area contributed by atoms with Gasteiger partial charge in [-0.3, -0.25) is 4.79 Å². The molecule has 0 saturated carbocycles. The van der Waals surface area contributed by atoms with E-state index in [0.29, 0.717) is 0 Å². The van der Waals surface area contributed by atoms with Gasteiger partial charge in [-0.2, -0.15) is 0 Å². The fourth-order valence-electron chi connectivity index (χ4n) is 0. The van der Waals surface area contributed by atoms with Crippen molar-refractivity contribution in [1.82, 2.24) is 0 Å². The van der Waals surface area contributed by atoms with Crippen LogP contribution in [-0.4, -0.2) is 35.5 Å². The number of hydrogen-bond acceptors (Lipinski definition) is 1. The molecule has 0 aromatic rings. The summed E-state index contributed by atoms with van der Waals surface area (Å²) in [5, 5.41) is 7.42. The normalized spacial score (nSPS) is 2.50.